The molecule has 0 spiro atoms. The lowest BCUT2D eigenvalue weighted by molar-refractivity contribution is -0.154. The van der Waals surface area contributed by atoms with Crippen molar-refractivity contribution < 1.29 is 14.3 Å². The summed E-state index contributed by atoms with van der Waals surface area (Å²) in [5.74, 6) is 0.752. The predicted molar refractivity (Wildman–Crippen MR) is 110 cm³/mol. The first-order chi connectivity index (χ1) is 13.9. The fourth-order valence-corrected chi connectivity index (χ4v) is 3.61. The average Bonchev–Trinajstić information content (AvgIpc) is 2.68. The lowest BCUT2D eigenvalue weighted by Crippen LogP contribution is -2.66. The van der Waals surface area contributed by atoms with Gasteiger partial charge in [-0.15, -0.1) is 0 Å². The van der Waals surface area contributed by atoms with Crippen molar-refractivity contribution in [2.24, 2.45) is 5.41 Å². The molecule has 7 heteroatoms. The van der Waals surface area contributed by atoms with Crippen LogP contribution in [0.4, 0.5) is 0 Å². The van der Waals surface area contributed by atoms with Gasteiger partial charge in [-0.25, -0.2) is 0 Å². The van der Waals surface area contributed by atoms with Crippen LogP contribution in [0.1, 0.15) is 11.1 Å². The second kappa shape index (κ2) is 9.05. The number of methoxy groups -OCH3 is 1. The fourth-order valence-electron chi connectivity index (χ4n) is 3.61. The first-order valence-corrected chi connectivity index (χ1v) is 9.64. The number of benzene rings is 1. The second-order valence-corrected chi connectivity index (χ2v) is 7.84. The van der Waals surface area contributed by atoms with Crippen LogP contribution in [-0.2, 0) is 22.6 Å². The molecular formula is C22H28N4O3. The maximum Gasteiger partial charge on any atom is 0.236 e. The minimum absolute atomic E-state index is 0.0383. The lowest BCUT2D eigenvalue weighted by atomic mass is 9.73. The number of amides is 2. The molecule has 0 aliphatic carbocycles. The molecule has 1 N–H and O–H groups in total. The second-order valence-electron chi connectivity index (χ2n) is 7.84. The topological polar surface area (TPSA) is 74.8 Å². The molecule has 1 aromatic heterocycles. The largest absolute Gasteiger partial charge is 0.497 e. The van der Waals surface area contributed by atoms with Crippen LogP contribution >= 0.6 is 0 Å². The molecule has 2 aromatic rings. The highest BCUT2D eigenvalue weighted by Crippen LogP contribution is 2.35. The molecule has 1 fully saturated rings. The van der Waals surface area contributed by atoms with E-state index >= 15 is 0 Å². The van der Waals surface area contributed by atoms with Gasteiger partial charge in [0.15, 0.2) is 0 Å². The zero-order valence-corrected chi connectivity index (χ0v) is 17.2. The molecular weight excluding hydrogens is 368 g/mol. The van der Waals surface area contributed by atoms with Crippen LogP contribution in [0.3, 0.4) is 0 Å². The number of aromatic nitrogens is 1. The van der Waals surface area contributed by atoms with Crippen molar-refractivity contribution in [2.45, 2.75) is 13.0 Å². The van der Waals surface area contributed by atoms with Gasteiger partial charge in [0.25, 0.3) is 0 Å². The summed E-state index contributed by atoms with van der Waals surface area (Å²) in [6.45, 7) is 1.58. The molecule has 7 nitrogen and oxygen atoms in total. The van der Waals surface area contributed by atoms with E-state index in [0.29, 0.717) is 32.6 Å². The molecule has 2 heterocycles. The van der Waals surface area contributed by atoms with Gasteiger partial charge in [0, 0.05) is 32.0 Å². The first-order valence-electron chi connectivity index (χ1n) is 9.64. The number of ether oxygens (including phenoxy) is 1. The molecule has 2 amide bonds. The van der Waals surface area contributed by atoms with E-state index in [0.717, 1.165) is 16.9 Å². The predicted octanol–water partition coefficient (Wildman–Crippen LogP) is 1.34. The van der Waals surface area contributed by atoms with Gasteiger partial charge in [-0.05, 0) is 49.8 Å². The summed E-state index contributed by atoms with van der Waals surface area (Å²) in [4.78, 5) is 33.2. The summed E-state index contributed by atoms with van der Waals surface area (Å²) in [6.07, 6.45) is 3.99. The maximum absolute atomic E-state index is 13.2. The minimum atomic E-state index is -0.642. The van der Waals surface area contributed by atoms with Crippen molar-refractivity contribution in [1.29, 1.82) is 0 Å². The van der Waals surface area contributed by atoms with Gasteiger partial charge in [0.05, 0.1) is 19.1 Å². The number of nitrogens with zero attached hydrogens (tertiary/aromatic N) is 3. The zero-order chi connectivity index (χ0) is 20.9. The summed E-state index contributed by atoms with van der Waals surface area (Å²) < 4.78 is 5.31. The van der Waals surface area contributed by atoms with Crippen LogP contribution in [0.5, 0.6) is 5.75 Å². The number of carbonyl (C=O) groups is 2. The Morgan fingerprint density at radius 2 is 1.97 bits per heavy atom. The smallest absolute Gasteiger partial charge is 0.236 e. The molecule has 0 saturated carbocycles. The maximum atomic E-state index is 13.2. The van der Waals surface area contributed by atoms with Gasteiger partial charge >= 0.3 is 0 Å². The molecule has 1 aliphatic heterocycles. The lowest BCUT2D eigenvalue weighted by Gasteiger charge is -2.49. The molecule has 0 bridgehead atoms. The minimum Gasteiger partial charge on any atom is -0.497 e. The van der Waals surface area contributed by atoms with E-state index in [1.54, 1.807) is 24.4 Å². The number of likely N-dealkylation sites (N-methyl/N-ethyl adjacent to an activating group) is 1. The Morgan fingerprint density at radius 3 is 2.62 bits per heavy atom. The third kappa shape index (κ3) is 5.12. The summed E-state index contributed by atoms with van der Waals surface area (Å²) >= 11 is 0. The van der Waals surface area contributed by atoms with E-state index in [1.807, 2.05) is 55.4 Å². The molecule has 0 unspecified atom stereocenters. The third-order valence-corrected chi connectivity index (χ3v) is 5.13. The number of nitrogens with one attached hydrogen (secondary N) is 1. The van der Waals surface area contributed by atoms with E-state index in [4.69, 9.17) is 4.74 Å². The Hall–Kier alpha value is -2.93. The number of pyridine rings is 1. The molecule has 1 aliphatic rings. The van der Waals surface area contributed by atoms with E-state index < -0.39 is 5.41 Å². The van der Waals surface area contributed by atoms with E-state index in [1.165, 1.54) is 0 Å². The normalized spacial score (nSPS) is 15.0. The molecule has 154 valence electrons. The van der Waals surface area contributed by atoms with Crippen LogP contribution in [0.2, 0.25) is 0 Å². The fraction of sp³-hybridized carbons (Fsp3) is 0.409. The molecule has 3 rings (SSSR count). The van der Waals surface area contributed by atoms with Crippen molar-refractivity contribution in [3.63, 3.8) is 0 Å². The average molecular weight is 396 g/mol. The standard InChI is InChI=1S/C22H28N4O3/c1-25(2)14-20(27)26-15-22(16-26,11-17-6-4-8-19(10-17)29-3)21(28)24-13-18-7-5-9-23-12-18/h4-10,12H,11,13-16H2,1-3H3,(H,24,28). The summed E-state index contributed by atoms with van der Waals surface area (Å²) in [7, 11) is 5.35. The van der Waals surface area contributed by atoms with Gasteiger partial charge in [-0.2, -0.15) is 0 Å². The van der Waals surface area contributed by atoms with Gasteiger partial charge in [0.2, 0.25) is 11.8 Å². The SMILES string of the molecule is COc1cccc(CC2(C(=O)NCc3cccnc3)CN(C(=O)CN(C)C)C2)c1. The van der Waals surface area contributed by atoms with Crippen LogP contribution in [0.15, 0.2) is 48.8 Å². The van der Waals surface area contributed by atoms with Crippen molar-refractivity contribution in [3.05, 3.63) is 59.9 Å². The Kier molecular flexibility index (Phi) is 6.49. The number of carbonyl (C=O) groups excluding carboxylic acids is 2. The van der Waals surface area contributed by atoms with Crippen LogP contribution in [-0.4, -0.2) is 67.4 Å². The molecule has 1 aromatic carbocycles. The van der Waals surface area contributed by atoms with Crippen LogP contribution in [0.25, 0.3) is 0 Å². The van der Waals surface area contributed by atoms with Gasteiger partial charge in [-0.3, -0.25) is 14.6 Å². The quantitative estimate of drug-likeness (QED) is 0.729. The van der Waals surface area contributed by atoms with Crippen LogP contribution < -0.4 is 10.1 Å². The zero-order valence-electron chi connectivity index (χ0n) is 17.2. The first kappa shape index (κ1) is 20.8. The molecule has 1 saturated heterocycles. The van der Waals surface area contributed by atoms with Crippen molar-refractivity contribution in [2.75, 3.05) is 40.8 Å². The van der Waals surface area contributed by atoms with Crippen molar-refractivity contribution >= 4 is 11.8 Å². The molecule has 0 radical (unpaired) electrons. The van der Waals surface area contributed by atoms with Crippen LogP contribution in [0, 0.1) is 5.41 Å². The molecule has 0 atom stereocenters. The number of rotatable bonds is 8. The van der Waals surface area contributed by atoms with E-state index in [-0.39, 0.29) is 11.8 Å². The Bertz CT molecular complexity index is 848. The highest BCUT2D eigenvalue weighted by Gasteiger charge is 2.50. The van der Waals surface area contributed by atoms with E-state index in [2.05, 4.69) is 10.3 Å². The van der Waals surface area contributed by atoms with Gasteiger partial charge < -0.3 is 19.9 Å². The molecule has 29 heavy (non-hydrogen) atoms. The summed E-state index contributed by atoms with van der Waals surface area (Å²) in [5, 5.41) is 3.03. The number of hydrogen-bond acceptors (Lipinski definition) is 5. The number of likely N-dealkylation sites (tertiary alicyclic amines) is 1. The summed E-state index contributed by atoms with van der Waals surface area (Å²) in [6, 6.07) is 11.5. The van der Waals surface area contributed by atoms with Crippen molar-refractivity contribution in [3.8, 4) is 5.75 Å². The van der Waals surface area contributed by atoms with Crippen molar-refractivity contribution in [1.82, 2.24) is 20.1 Å². The highest BCUT2D eigenvalue weighted by molar-refractivity contribution is 5.88. The Labute approximate surface area is 171 Å². The summed E-state index contributed by atoms with van der Waals surface area (Å²) in [5.41, 5.74) is 1.31. The Morgan fingerprint density at radius 1 is 1.21 bits per heavy atom. The number of hydrogen-bond donors (Lipinski definition) is 1. The monoisotopic (exact) mass is 396 g/mol. The highest BCUT2D eigenvalue weighted by atomic mass is 16.5. The third-order valence-electron chi connectivity index (χ3n) is 5.13. The van der Waals surface area contributed by atoms with Gasteiger partial charge in [-0.1, -0.05) is 18.2 Å². The van der Waals surface area contributed by atoms with Gasteiger partial charge in [0.1, 0.15) is 5.75 Å². The Balaban J connectivity index is 1.73. The van der Waals surface area contributed by atoms with E-state index in [9.17, 15) is 9.59 Å².